The van der Waals surface area contributed by atoms with Gasteiger partial charge in [-0.1, -0.05) is 18.2 Å². The molecular formula is C13H16O5. The molecule has 1 fully saturated rings. The van der Waals surface area contributed by atoms with E-state index >= 15 is 0 Å². The van der Waals surface area contributed by atoms with E-state index in [2.05, 4.69) is 0 Å². The Kier molecular flexibility index (Phi) is 4.69. The normalized spacial score (nSPS) is 16.0. The van der Waals surface area contributed by atoms with E-state index in [9.17, 15) is 4.79 Å². The van der Waals surface area contributed by atoms with Crippen LogP contribution in [0.25, 0.3) is 0 Å². The van der Waals surface area contributed by atoms with Crippen LogP contribution in [0.3, 0.4) is 0 Å². The maximum Gasteiger partial charge on any atom is 0.305 e. The number of rotatable bonds is 6. The third-order valence-electron chi connectivity index (χ3n) is 2.57. The monoisotopic (exact) mass is 252 g/mol. The average Bonchev–Trinajstić information content (AvgIpc) is 2.89. The van der Waals surface area contributed by atoms with Crippen molar-refractivity contribution < 1.29 is 24.1 Å². The molecule has 0 amide bonds. The molecule has 18 heavy (non-hydrogen) atoms. The number of hydrogen-bond acceptors (Lipinski definition) is 4. The van der Waals surface area contributed by atoms with Gasteiger partial charge in [-0.2, -0.15) is 0 Å². The number of hydrogen-bond donors (Lipinski definition) is 1. The van der Waals surface area contributed by atoms with E-state index < -0.39 is 5.97 Å². The van der Waals surface area contributed by atoms with Crippen LogP contribution < -0.4 is 0 Å². The van der Waals surface area contributed by atoms with Gasteiger partial charge in [0.25, 0.3) is 0 Å². The summed E-state index contributed by atoms with van der Waals surface area (Å²) in [5.74, 6) is -0.850. The topological polar surface area (TPSA) is 65.0 Å². The molecule has 1 N–H and O–H groups in total. The molecular weight excluding hydrogens is 236 g/mol. The molecule has 1 aliphatic heterocycles. The summed E-state index contributed by atoms with van der Waals surface area (Å²) in [6.45, 7) is 1.85. The first kappa shape index (κ1) is 13.0. The molecule has 1 aromatic rings. The molecule has 0 aromatic heterocycles. The smallest absolute Gasteiger partial charge is 0.305 e. The van der Waals surface area contributed by atoms with Gasteiger partial charge in [0, 0.05) is 5.56 Å². The third kappa shape index (κ3) is 3.80. The fourth-order valence-electron chi connectivity index (χ4n) is 1.73. The number of ether oxygens (including phenoxy) is 3. The highest BCUT2D eigenvalue weighted by atomic mass is 16.7. The van der Waals surface area contributed by atoms with Gasteiger partial charge in [-0.15, -0.1) is 0 Å². The second kappa shape index (κ2) is 6.49. The van der Waals surface area contributed by atoms with Gasteiger partial charge in [-0.25, -0.2) is 0 Å². The molecule has 0 bridgehead atoms. The molecule has 0 radical (unpaired) electrons. The average molecular weight is 252 g/mol. The van der Waals surface area contributed by atoms with E-state index in [4.69, 9.17) is 19.3 Å². The van der Waals surface area contributed by atoms with E-state index in [1.165, 1.54) is 0 Å². The largest absolute Gasteiger partial charge is 0.481 e. The highest BCUT2D eigenvalue weighted by Gasteiger charge is 2.18. The predicted octanol–water partition coefficient (Wildman–Crippen LogP) is 1.72. The number of carboxylic acids is 1. The van der Waals surface area contributed by atoms with Crippen molar-refractivity contribution >= 4 is 5.97 Å². The van der Waals surface area contributed by atoms with E-state index in [-0.39, 0.29) is 19.3 Å². The maximum absolute atomic E-state index is 10.3. The van der Waals surface area contributed by atoms with Gasteiger partial charge in [0.15, 0.2) is 6.29 Å². The molecule has 0 aliphatic carbocycles. The van der Waals surface area contributed by atoms with E-state index in [0.717, 1.165) is 11.1 Å². The zero-order valence-corrected chi connectivity index (χ0v) is 10.0. The van der Waals surface area contributed by atoms with Crippen LogP contribution in [0.2, 0.25) is 0 Å². The Morgan fingerprint density at radius 3 is 2.89 bits per heavy atom. The maximum atomic E-state index is 10.3. The summed E-state index contributed by atoms with van der Waals surface area (Å²) in [5, 5.41) is 8.49. The molecule has 1 aromatic carbocycles. The minimum Gasteiger partial charge on any atom is -0.481 e. The molecule has 1 aliphatic rings. The molecule has 1 saturated heterocycles. The summed E-state index contributed by atoms with van der Waals surface area (Å²) < 4.78 is 16.1. The lowest BCUT2D eigenvalue weighted by Crippen LogP contribution is -2.03. The van der Waals surface area contributed by atoms with Crippen LogP contribution in [0, 0.1) is 0 Å². The summed E-state index contributed by atoms with van der Waals surface area (Å²) >= 11 is 0. The van der Waals surface area contributed by atoms with Gasteiger partial charge < -0.3 is 19.3 Å². The number of carbonyl (C=O) groups is 1. The lowest BCUT2D eigenvalue weighted by molar-refractivity contribution is -0.138. The molecule has 0 saturated carbocycles. The van der Waals surface area contributed by atoms with Crippen molar-refractivity contribution in [2.24, 2.45) is 0 Å². The van der Waals surface area contributed by atoms with E-state index in [1.807, 2.05) is 24.3 Å². The Balaban J connectivity index is 1.85. The quantitative estimate of drug-likeness (QED) is 0.781. The first-order chi connectivity index (χ1) is 8.75. The van der Waals surface area contributed by atoms with E-state index in [0.29, 0.717) is 19.8 Å². The van der Waals surface area contributed by atoms with E-state index in [1.54, 1.807) is 0 Å². The summed E-state index contributed by atoms with van der Waals surface area (Å²) in [5.41, 5.74) is 1.95. The zero-order chi connectivity index (χ0) is 12.8. The summed E-state index contributed by atoms with van der Waals surface area (Å²) in [6, 6.07) is 7.74. The lowest BCUT2D eigenvalue weighted by atomic mass is 10.1. The fourth-order valence-corrected chi connectivity index (χ4v) is 1.73. The molecule has 0 spiro atoms. The van der Waals surface area contributed by atoms with Gasteiger partial charge in [-0.05, 0) is 11.6 Å². The molecule has 1 heterocycles. The van der Waals surface area contributed by atoms with Crippen LogP contribution >= 0.6 is 0 Å². The minimum absolute atomic E-state index is 0.0224. The third-order valence-corrected chi connectivity index (χ3v) is 2.57. The summed E-state index contributed by atoms with van der Waals surface area (Å²) in [7, 11) is 0. The van der Waals surface area contributed by atoms with Gasteiger partial charge in [0.1, 0.15) is 0 Å². The first-order valence-corrected chi connectivity index (χ1v) is 5.87. The molecule has 98 valence electrons. The fraction of sp³-hybridized carbons (Fsp3) is 0.462. The Labute approximate surface area is 105 Å². The van der Waals surface area contributed by atoms with Crippen molar-refractivity contribution in [3.05, 3.63) is 35.4 Å². The number of benzene rings is 1. The zero-order valence-electron chi connectivity index (χ0n) is 10.0. The number of carboxylic acid groups (broad SMARTS) is 1. The van der Waals surface area contributed by atoms with Crippen molar-refractivity contribution in [3.8, 4) is 0 Å². The van der Waals surface area contributed by atoms with Crippen molar-refractivity contribution in [1.82, 2.24) is 0 Å². The highest BCUT2D eigenvalue weighted by Crippen LogP contribution is 2.23. The van der Waals surface area contributed by atoms with Gasteiger partial charge in [0.2, 0.25) is 0 Å². The standard InChI is InChI=1S/C13H16O5/c14-12(15)4-5-16-9-10-2-1-3-11(8-10)13-17-6-7-18-13/h1-3,8,13H,4-7,9H2,(H,14,15). The van der Waals surface area contributed by atoms with Gasteiger partial charge >= 0.3 is 5.97 Å². The van der Waals surface area contributed by atoms with Crippen molar-refractivity contribution in [2.45, 2.75) is 19.3 Å². The summed E-state index contributed by atoms with van der Waals surface area (Å²) in [4.78, 5) is 10.3. The Hall–Kier alpha value is -1.43. The van der Waals surface area contributed by atoms with Crippen LogP contribution in [-0.4, -0.2) is 30.9 Å². The molecule has 2 rings (SSSR count). The number of aliphatic carboxylic acids is 1. The van der Waals surface area contributed by atoms with Crippen LogP contribution in [0.5, 0.6) is 0 Å². The van der Waals surface area contributed by atoms with Gasteiger partial charge in [-0.3, -0.25) is 4.79 Å². The minimum atomic E-state index is -0.850. The van der Waals surface area contributed by atoms with Crippen LogP contribution in [0.4, 0.5) is 0 Å². The molecule has 5 heteroatoms. The Morgan fingerprint density at radius 2 is 2.17 bits per heavy atom. The second-order valence-corrected chi connectivity index (χ2v) is 4.01. The van der Waals surface area contributed by atoms with Crippen molar-refractivity contribution in [1.29, 1.82) is 0 Å². The van der Waals surface area contributed by atoms with Gasteiger partial charge in [0.05, 0.1) is 32.8 Å². The van der Waals surface area contributed by atoms with Crippen LogP contribution in [0.1, 0.15) is 23.8 Å². The van der Waals surface area contributed by atoms with Crippen LogP contribution in [-0.2, 0) is 25.6 Å². The Bertz CT molecular complexity index is 398. The van der Waals surface area contributed by atoms with Crippen LogP contribution in [0.15, 0.2) is 24.3 Å². The SMILES string of the molecule is O=C(O)CCOCc1cccc(C2OCCO2)c1. The Morgan fingerprint density at radius 1 is 1.39 bits per heavy atom. The van der Waals surface area contributed by atoms with Crippen molar-refractivity contribution in [3.63, 3.8) is 0 Å². The van der Waals surface area contributed by atoms with Crippen molar-refractivity contribution in [2.75, 3.05) is 19.8 Å². The second-order valence-electron chi connectivity index (χ2n) is 4.01. The molecule has 0 atom stereocenters. The molecule has 5 nitrogen and oxygen atoms in total. The lowest BCUT2D eigenvalue weighted by Gasteiger charge is -2.11. The first-order valence-electron chi connectivity index (χ1n) is 5.87. The molecule has 0 unspecified atom stereocenters. The predicted molar refractivity (Wildman–Crippen MR) is 63.0 cm³/mol. The summed E-state index contributed by atoms with van der Waals surface area (Å²) in [6.07, 6.45) is -0.266. The highest BCUT2D eigenvalue weighted by molar-refractivity contribution is 5.66.